The topological polar surface area (TPSA) is 64.9 Å². The number of nitrogens with one attached hydrogen (secondary N) is 1. The third-order valence-corrected chi connectivity index (χ3v) is 7.83. The van der Waals surface area contributed by atoms with Crippen LogP contribution in [0.3, 0.4) is 0 Å². The lowest BCUT2D eigenvalue weighted by Gasteiger charge is -2.30. The van der Waals surface area contributed by atoms with Gasteiger partial charge in [-0.25, -0.2) is 43.9 Å². The molecule has 1 aliphatic rings. The minimum atomic E-state index is -2.34. The van der Waals surface area contributed by atoms with E-state index in [0.29, 0.717) is 12.8 Å². The molecule has 0 radical (unpaired) electrons. The second kappa shape index (κ2) is 13.0. The summed E-state index contributed by atoms with van der Waals surface area (Å²) in [5.74, 6) is -23.3. The lowest BCUT2D eigenvalue weighted by molar-refractivity contribution is 0.327. The van der Waals surface area contributed by atoms with Crippen molar-refractivity contribution in [3.05, 3.63) is 106 Å². The lowest BCUT2D eigenvalue weighted by Crippen LogP contribution is -2.40. The first kappa shape index (κ1) is 32.8. The highest BCUT2D eigenvalue weighted by atomic mass is 19.2. The Hall–Kier alpha value is -4.59. The van der Waals surface area contributed by atoms with Gasteiger partial charge in [0.25, 0.3) is 0 Å². The van der Waals surface area contributed by atoms with Crippen LogP contribution in [0.15, 0.2) is 41.4 Å². The minimum absolute atomic E-state index is 0.0721. The molecular formula is C32H22F10N2O2. The van der Waals surface area contributed by atoms with Crippen LogP contribution in [0.4, 0.5) is 43.9 Å². The highest BCUT2D eigenvalue weighted by molar-refractivity contribution is 5.89. The third-order valence-electron chi connectivity index (χ3n) is 7.83. The Morgan fingerprint density at radius 1 is 0.609 bits per heavy atom. The molecule has 4 aromatic rings. The summed E-state index contributed by atoms with van der Waals surface area (Å²) in [5.41, 5.74) is -3.88. The number of benzene rings is 4. The van der Waals surface area contributed by atoms with Crippen LogP contribution in [0.25, 0.3) is 22.3 Å². The first-order chi connectivity index (χ1) is 21.8. The van der Waals surface area contributed by atoms with Gasteiger partial charge < -0.3 is 15.5 Å². The van der Waals surface area contributed by atoms with Crippen molar-refractivity contribution in [2.75, 3.05) is 0 Å². The number of phenols is 2. The molecular weight excluding hydrogens is 634 g/mol. The number of aliphatic imine (C=N–C) groups is 1. The molecule has 1 saturated carbocycles. The summed E-state index contributed by atoms with van der Waals surface area (Å²) >= 11 is 0. The molecule has 0 saturated heterocycles. The molecule has 1 aliphatic carbocycles. The van der Waals surface area contributed by atoms with E-state index in [4.69, 9.17) is 0 Å². The number of hydrogen-bond donors (Lipinski definition) is 3. The van der Waals surface area contributed by atoms with E-state index in [1.807, 2.05) is 0 Å². The molecule has 0 amide bonds. The molecule has 2 atom stereocenters. The fraction of sp³-hybridized carbons (Fsp3) is 0.219. The highest BCUT2D eigenvalue weighted by Gasteiger charge is 2.30. The van der Waals surface area contributed by atoms with E-state index >= 15 is 0 Å². The molecule has 4 aromatic carbocycles. The van der Waals surface area contributed by atoms with E-state index < -0.39 is 98.0 Å². The second-order valence-electron chi connectivity index (χ2n) is 10.6. The van der Waals surface area contributed by atoms with E-state index in [1.54, 1.807) is 0 Å². The van der Waals surface area contributed by atoms with Crippen LogP contribution in [-0.2, 0) is 6.54 Å². The van der Waals surface area contributed by atoms with Crippen LogP contribution >= 0.6 is 0 Å². The van der Waals surface area contributed by atoms with E-state index in [-0.39, 0.29) is 23.7 Å². The molecule has 4 nitrogen and oxygen atoms in total. The monoisotopic (exact) mass is 656 g/mol. The number of hydrogen-bond acceptors (Lipinski definition) is 4. The first-order valence-corrected chi connectivity index (χ1v) is 13.8. The maximum atomic E-state index is 14.4. The zero-order chi connectivity index (χ0) is 33.4. The lowest BCUT2D eigenvalue weighted by atomic mass is 9.90. The van der Waals surface area contributed by atoms with E-state index in [1.165, 1.54) is 30.5 Å². The molecule has 242 valence electrons. The largest absolute Gasteiger partial charge is 0.507 e. The molecule has 0 heterocycles. The predicted octanol–water partition coefficient (Wildman–Crippen LogP) is 8.34. The van der Waals surface area contributed by atoms with Gasteiger partial charge in [0, 0.05) is 41.1 Å². The number of phenolic OH excluding ortho intramolecular Hbond substituents is 2. The van der Waals surface area contributed by atoms with Crippen LogP contribution < -0.4 is 5.32 Å². The summed E-state index contributed by atoms with van der Waals surface area (Å²) in [6.45, 7) is -0.118. The van der Waals surface area contributed by atoms with Gasteiger partial charge in [0.05, 0.1) is 17.2 Å². The van der Waals surface area contributed by atoms with Crippen molar-refractivity contribution in [2.24, 2.45) is 4.99 Å². The summed E-state index contributed by atoms with van der Waals surface area (Å²) in [7, 11) is 0. The van der Waals surface area contributed by atoms with Gasteiger partial charge in [0.2, 0.25) is 11.6 Å². The zero-order valence-corrected chi connectivity index (χ0v) is 23.4. The van der Waals surface area contributed by atoms with Gasteiger partial charge in [-0.2, -0.15) is 0 Å². The van der Waals surface area contributed by atoms with Gasteiger partial charge in [-0.15, -0.1) is 0 Å². The summed E-state index contributed by atoms with van der Waals surface area (Å²) in [6, 6.07) is 6.28. The fourth-order valence-electron chi connectivity index (χ4n) is 5.43. The van der Waals surface area contributed by atoms with Crippen LogP contribution in [0, 0.1) is 58.2 Å². The zero-order valence-electron chi connectivity index (χ0n) is 23.4. The molecule has 0 aliphatic heterocycles. The van der Waals surface area contributed by atoms with Gasteiger partial charge in [-0.1, -0.05) is 43.2 Å². The second-order valence-corrected chi connectivity index (χ2v) is 10.6. The smallest absolute Gasteiger partial charge is 0.200 e. The summed E-state index contributed by atoms with van der Waals surface area (Å²) in [6.07, 6.45) is 3.73. The number of rotatable bonds is 7. The van der Waals surface area contributed by atoms with Gasteiger partial charge in [0.15, 0.2) is 46.5 Å². The number of nitrogens with zero attached hydrogens (tertiary/aromatic N) is 1. The van der Waals surface area contributed by atoms with Gasteiger partial charge in [0.1, 0.15) is 11.5 Å². The molecule has 0 aromatic heterocycles. The van der Waals surface area contributed by atoms with E-state index in [2.05, 4.69) is 10.3 Å². The molecule has 5 rings (SSSR count). The Labute approximate surface area is 254 Å². The van der Waals surface area contributed by atoms with E-state index in [0.717, 1.165) is 25.0 Å². The molecule has 0 spiro atoms. The average Bonchev–Trinajstić information content (AvgIpc) is 3.05. The third kappa shape index (κ3) is 5.77. The number of halogens is 10. The molecule has 14 heteroatoms. The number of aromatic hydroxyl groups is 2. The van der Waals surface area contributed by atoms with Crippen molar-refractivity contribution < 1.29 is 54.1 Å². The van der Waals surface area contributed by atoms with Crippen LogP contribution in [0.2, 0.25) is 0 Å². The Bertz CT molecular complexity index is 1810. The highest BCUT2D eigenvalue weighted by Crippen LogP contribution is 2.39. The van der Waals surface area contributed by atoms with Crippen LogP contribution in [0.1, 0.15) is 36.8 Å². The maximum Gasteiger partial charge on any atom is 0.200 e. The van der Waals surface area contributed by atoms with Crippen molar-refractivity contribution >= 4 is 6.21 Å². The van der Waals surface area contributed by atoms with E-state index in [9.17, 15) is 54.1 Å². The maximum absolute atomic E-state index is 14.4. The van der Waals surface area contributed by atoms with Crippen molar-refractivity contribution in [1.82, 2.24) is 5.32 Å². The first-order valence-electron chi connectivity index (χ1n) is 13.8. The van der Waals surface area contributed by atoms with Crippen LogP contribution in [0.5, 0.6) is 11.5 Å². The molecule has 3 N–H and O–H groups in total. The van der Waals surface area contributed by atoms with Crippen molar-refractivity contribution in [3.8, 4) is 33.8 Å². The standard InChI is InChI=1S/C32H22F10N2O2/c33-21-19(22(34)26(38)29(41)25(21)37)15-7-3-5-13(31(15)45)11-43-17-9-1-2-10-18(17)44-12-14-6-4-8-16(32(14)46)20-23(35)27(39)30(42)28(40)24(20)36/h3-8,11,17-18,44-46H,1-2,9-10,12H2/t17-,18+/m1/s1. The molecule has 0 unspecified atom stereocenters. The molecule has 46 heavy (non-hydrogen) atoms. The normalized spacial score (nSPS) is 16.8. The van der Waals surface area contributed by atoms with Crippen molar-refractivity contribution in [1.29, 1.82) is 0 Å². The summed E-state index contributed by atoms with van der Waals surface area (Å²) < 4.78 is 140. The summed E-state index contributed by atoms with van der Waals surface area (Å²) in [4.78, 5) is 4.45. The van der Waals surface area contributed by atoms with Gasteiger partial charge in [-0.05, 0) is 18.9 Å². The Kier molecular flexibility index (Phi) is 9.29. The van der Waals surface area contributed by atoms with Gasteiger partial charge >= 0.3 is 0 Å². The quantitative estimate of drug-likeness (QED) is 0.0812. The SMILES string of the molecule is Oc1c(C=N[C@@H]2CCCC[C@@H]2NCc2cccc(-c3c(F)c(F)c(F)c(F)c3F)c2O)cccc1-c1c(F)c(F)c(F)c(F)c1F. The Morgan fingerprint density at radius 3 is 1.61 bits per heavy atom. The van der Waals surface area contributed by atoms with Crippen LogP contribution in [-0.4, -0.2) is 28.5 Å². The predicted molar refractivity (Wildman–Crippen MR) is 147 cm³/mol. The molecule has 0 bridgehead atoms. The fourth-order valence-corrected chi connectivity index (χ4v) is 5.43. The average molecular weight is 657 g/mol. The minimum Gasteiger partial charge on any atom is -0.507 e. The Morgan fingerprint density at radius 2 is 1.07 bits per heavy atom. The van der Waals surface area contributed by atoms with Gasteiger partial charge in [-0.3, -0.25) is 4.99 Å². The Balaban J connectivity index is 1.39. The molecule has 1 fully saturated rings. The summed E-state index contributed by atoms with van der Waals surface area (Å²) in [5, 5.41) is 24.6. The van der Waals surface area contributed by atoms with Crippen molar-refractivity contribution in [3.63, 3.8) is 0 Å². The number of para-hydroxylation sites is 2. The van der Waals surface area contributed by atoms with Crippen molar-refractivity contribution in [2.45, 2.75) is 44.3 Å².